The van der Waals surface area contributed by atoms with Gasteiger partial charge in [0.15, 0.2) is 0 Å². The average molecular weight is 982 g/mol. The van der Waals surface area contributed by atoms with Crippen LogP contribution >= 0.6 is 11.8 Å². The van der Waals surface area contributed by atoms with Gasteiger partial charge in [-0.25, -0.2) is 30.3 Å². The molecule has 0 saturated carbocycles. The second-order valence-corrected chi connectivity index (χ2v) is 22.9. The third-order valence-corrected chi connectivity index (χ3v) is 16.7. The predicted octanol–water partition coefficient (Wildman–Crippen LogP) is 8.75. The number of hydrogen-bond acceptors (Lipinski definition) is 11. The van der Waals surface area contributed by atoms with Crippen molar-refractivity contribution in [2.24, 2.45) is 5.41 Å². The lowest BCUT2D eigenvalue weighted by Gasteiger charge is -2.39. The zero-order chi connectivity index (χ0) is 47.9. The minimum atomic E-state index is -6.09. The fourth-order valence-corrected chi connectivity index (χ4v) is 11.6. The predicted molar refractivity (Wildman–Crippen MR) is 249 cm³/mol. The Balaban J connectivity index is 1.11. The van der Waals surface area contributed by atoms with E-state index in [1.54, 1.807) is 12.1 Å². The van der Waals surface area contributed by atoms with E-state index in [2.05, 4.69) is 40.4 Å². The van der Waals surface area contributed by atoms with Gasteiger partial charge in [-0.15, -0.1) is 11.8 Å². The van der Waals surface area contributed by atoms with Gasteiger partial charge in [-0.2, -0.15) is 13.2 Å². The molecule has 0 spiro atoms. The van der Waals surface area contributed by atoms with Crippen molar-refractivity contribution in [3.63, 3.8) is 0 Å². The molecule has 2 saturated heterocycles. The zero-order valence-electron chi connectivity index (χ0n) is 37.3. The number of piperidine rings is 1. The van der Waals surface area contributed by atoms with Crippen LogP contribution in [-0.4, -0.2) is 120 Å². The Hall–Kier alpha value is -4.01. The molecule has 2 aliphatic heterocycles. The normalized spacial score (nSPS) is 18.7. The van der Waals surface area contributed by atoms with Crippen molar-refractivity contribution >= 4 is 48.9 Å². The molecule has 0 unspecified atom stereocenters. The number of aliphatic hydroxyl groups excluding tert-OH is 1. The summed E-state index contributed by atoms with van der Waals surface area (Å²) in [5, 5.41) is 12.9. The number of anilines is 2. The summed E-state index contributed by atoms with van der Waals surface area (Å²) in [5.41, 5.74) is -2.83. The number of aliphatic hydroxyl groups is 1. The van der Waals surface area contributed by atoms with E-state index in [1.807, 2.05) is 35.1 Å². The van der Waals surface area contributed by atoms with Crippen LogP contribution in [0, 0.1) is 5.41 Å². The first-order valence-electron chi connectivity index (χ1n) is 22.2. The second kappa shape index (κ2) is 22.0. The molecule has 1 amide bonds. The van der Waals surface area contributed by atoms with Crippen molar-refractivity contribution in [2.45, 2.75) is 104 Å². The largest absolute Gasteiger partial charge is 0.501 e. The highest BCUT2D eigenvalue weighted by molar-refractivity contribution is 7.99. The summed E-state index contributed by atoms with van der Waals surface area (Å²) < 4.78 is 124. The molecule has 1 atom stereocenters. The van der Waals surface area contributed by atoms with Gasteiger partial charge in [0.2, 0.25) is 0 Å². The summed E-state index contributed by atoms with van der Waals surface area (Å²) >= 11 is 1.42. The molecular formula is C47H60F5N5O6S3. The number of hydrogen-bond donors (Lipinski definition) is 3. The van der Waals surface area contributed by atoms with Crippen molar-refractivity contribution in [1.82, 2.24) is 14.5 Å². The Labute approximate surface area is 389 Å². The summed E-state index contributed by atoms with van der Waals surface area (Å²) in [5.74, 6) is -0.727. The van der Waals surface area contributed by atoms with Crippen molar-refractivity contribution in [1.29, 1.82) is 0 Å². The first kappa shape index (κ1) is 51.4. The van der Waals surface area contributed by atoms with Crippen LogP contribution in [0.3, 0.4) is 0 Å². The lowest BCUT2D eigenvalue weighted by molar-refractivity contribution is -0.0436. The molecule has 0 radical (unpaired) electrons. The number of thioether (sulfide) groups is 1. The van der Waals surface area contributed by atoms with E-state index in [-0.39, 0.29) is 23.0 Å². The van der Waals surface area contributed by atoms with Crippen LogP contribution in [0.4, 0.5) is 33.3 Å². The first-order chi connectivity index (χ1) is 31.1. The van der Waals surface area contributed by atoms with Gasteiger partial charge in [-0.1, -0.05) is 49.8 Å². The number of likely N-dealkylation sites (tertiary alicyclic amines) is 1. The number of benzene rings is 3. The van der Waals surface area contributed by atoms with Crippen LogP contribution in [0.5, 0.6) is 0 Å². The van der Waals surface area contributed by atoms with Gasteiger partial charge < -0.3 is 20.2 Å². The number of alkyl halides is 5. The molecule has 3 aromatic rings. The highest BCUT2D eigenvalue weighted by atomic mass is 32.2. The van der Waals surface area contributed by atoms with Crippen LogP contribution in [0.1, 0.15) is 75.6 Å². The Morgan fingerprint density at radius 1 is 0.909 bits per heavy atom. The van der Waals surface area contributed by atoms with Crippen LogP contribution in [0.25, 0.3) is 0 Å². The maximum atomic E-state index is 14.2. The monoisotopic (exact) mass is 981 g/mol. The van der Waals surface area contributed by atoms with E-state index >= 15 is 0 Å². The fourth-order valence-electron chi connectivity index (χ4n) is 8.58. The molecule has 2 heterocycles. The maximum absolute atomic E-state index is 14.2. The molecule has 362 valence electrons. The Bertz CT molecular complexity index is 2400. The first-order valence-corrected chi connectivity index (χ1v) is 26.2. The van der Waals surface area contributed by atoms with Gasteiger partial charge in [-0.05, 0) is 117 Å². The highest BCUT2D eigenvalue weighted by Crippen LogP contribution is 2.41. The van der Waals surface area contributed by atoms with Crippen molar-refractivity contribution in [3.05, 3.63) is 102 Å². The summed E-state index contributed by atoms with van der Waals surface area (Å²) in [7, 11) is -11.0. The van der Waals surface area contributed by atoms with Crippen molar-refractivity contribution < 1.29 is 48.7 Å². The number of sulfonamides is 1. The Kier molecular flexibility index (Phi) is 17.1. The topological polar surface area (TPSA) is 139 Å². The third kappa shape index (κ3) is 13.8. The third-order valence-electron chi connectivity index (χ3n) is 12.6. The second-order valence-electron chi connectivity index (χ2n) is 18.2. The number of rotatable bonds is 19. The van der Waals surface area contributed by atoms with Gasteiger partial charge in [0, 0.05) is 80.3 Å². The Morgan fingerprint density at radius 3 is 2.21 bits per heavy atom. The quantitative estimate of drug-likeness (QED) is 0.0604. The maximum Gasteiger partial charge on any atom is 0.501 e. The van der Waals surface area contributed by atoms with Gasteiger partial charge in [0.05, 0.1) is 16.7 Å². The van der Waals surface area contributed by atoms with Gasteiger partial charge in [0.25, 0.3) is 32.2 Å². The molecule has 11 nitrogen and oxygen atoms in total. The minimum absolute atomic E-state index is 0.0418. The zero-order valence-corrected chi connectivity index (χ0v) is 39.8. The number of nitrogens with zero attached hydrogens (tertiary/aromatic N) is 3. The molecule has 1 aliphatic carbocycles. The molecule has 3 N–H and O–H groups in total. The standard InChI is InChI=1S/C47H60F5N5O6S3/c1-33(44(48)49)9-10-35-30-46(2,3)21-17-36(35)31-56-25-27-57(28-26-56)38-13-11-34(12-14-38)45(59)54-66(62,63)41-15-16-42(43(29-41)65(60,61)47(50,51)52)53-37(32-64-40-7-5-4-6-8-40)18-22-55-23-19-39(58)20-24-55/h4-8,11-16,29,37,39,44,53,58H,1,9-10,17-28,30-32H2,2-3H3,(H,54,59)/t37-/m1/s1. The van der Waals surface area contributed by atoms with E-state index in [4.69, 9.17) is 0 Å². The summed E-state index contributed by atoms with van der Waals surface area (Å²) in [6.45, 7) is 13.3. The number of halogens is 5. The van der Waals surface area contributed by atoms with Crippen LogP contribution in [-0.2, 0) is 19.9 Å². The summed E-state index contributed by atoms with van der Waals surface area (Å²) in [4.78, 5) is 18.7. The lowest BCUT2D eigenvalue weighted by atomic mass is 9.73. The summed E-state index contributed by atoms with van der Waals surface area (Å²) in [6, 6.07) is 17.3. The number of sulfone groups is 1. The molecule has 0 aromatic heterocycles. The molecule has 66 heavy (non-hydrogen) atoms. The van der Waals surface area contributed by atoms with Crippen LogP contribution < -0.4 is 14.9 Å². The van der Waals surface area contributed by atoms with Crippen LogP contribution in [0.15, 0.2) is 111 Å². The SMILES string of the molecule is C=C(CCC1=C(CN2CCN(c3ccc(C(=O)NS(=O)(=O)c4ccc(N[C@H](CCN5CCC(O)CC5)CSc5ccccc5)c(S(=O)(=O)C(F)(F)F)c4)cc3)CC2)CCC(C)(C)C1)C(F)F. The molecule has 3 aliphatic rings. The van der Waals surface area contributed by atoms with Gasteiger partial charge >= 0.3 is 5.51 Å². The number of carbonyl (C=O) groups is 1. The molecule has 6 rings (SSSR count). The average Bonchev–Trinajstić information content (AvgIpc) is 3.27. The number of allylic oxidation sites excluding steroid dienone is 2. The number of piperazine rings is 1. The van der Waals surface area contributed by atoms with Crippen molar-refractivity contribution in [2.75, 3.05) is 68.3 Å². The van der Waals surface area contributed by atoms with E-state index in [1.165, 1.54) is 35.0 Å². The number of amides is 1. The van der Waals surface area contributed by atoms with Gasteiger partial charge in [-0.3, -0.25) is 9.69 Å². The number of nitrogens with one attached hydrogen (secondary N) is 2. The molecule has 2 fully saturated rings. The molecule has 0 bridgehead atoms. The Morgan fingerprint density at radius 2 is 1.58 bits per heavy atom. The summed E-state index contributed by atoms with van der Waals surface area (Å²) in [6.07, 6.45) is 2.29. The van der Waals surface area contributed by atoms with E-state index < -0.39 is 65.3 Å². The minimum Gasteiger partial charge on any atom is -0.393 e. The highest BCUT2D eigenvalue weighted by Gasteiger charge is 2.48. The number of carbonyl (C=O) groups excluding carboxylic acids is 1. The molecule has 19 heteroatoms. The van der Waals surface area contributed by atoms with Crippen LogP contribution in [0.2, 0.25) is 0 Å². The van der Waals surface area contributed by atoms with Gasteiger partial charge in [0.1, 0.15) is 4.90 Å². The smallest absolute Gasteiger partial charge is 0.393 e. The lowest BCUT2D eigenvalue weighted by Crippen LogP contribution is -2.47. The molecule has 3 aromatic carbocycles. The van der Waals surface area contributed by atoms with Crippen molar-refractivity contribution in [3.8, 4) is 0 Å². The van der Waals surface area contributed by atoms with E-state index in [0.717, 1.165) is 61.6 Å². The fraction of sp³-hybridized carbons (Fsp3) is 0.511. The van der Waals surface area contributed by atoms with E-state index in [9.17, 15) is 48.7 Å². The van der Waals surface area contributed by atoms with E-state index in [0.29, 0.717) is 70.2 Å². The molecular weight excluding hydrogens is 922 g/mol.